The molecule has 0 aliphatic heterocycles. The Hall–Kier alpha value is -0.120. The predicted molar refractivity (Wildman–Crippen MR) is 63.8 cm³/mol. The van der Waals surface area contributed by atoms with Crippen LogP contribution >= 0.6 is 0 Å². The van der Waals surface area contributed by atoms with Gasteiger partial charge < -0.3 is 10.8 Å². The van der Waals surface area contributed by atoms with Gasteiger partial charge in [0.05, 0.1) is 0 Å². The number of hydrogen-bond acceptors (Lipinski definition) is 3. The molecule has 1 aliphatic rings. The second kappa shape index (κ2) is 5.83. The number of nitrogens with zero attached hydrogens (tertiary/aromatic N) is 1. The van der Waals surface area contributed by atoms with Crippen LogP contribution in [0.25, 0.3) is 0 Å². The molecule has 1 fully saturated rings. The number of likely N-dealkylation sites (N-methyl/N-ethyl adjacent to an activating group) is 1. The zero-order chi connectivity index (χ0) is 11.3. The first-order chi connectivity index (χ1) is 7.14. The molecule has 3 heteroatoms. The molecule has 0 aromatic heterocycles. The first-order valence-corrected chi connectivity index (χ1v) is 6.17. The van der Waals surface area contributed by atoms with Crippen molar-refractivity contribution < 1.29 is 5.11 Å². The molecule has 15 heavy (non-hydrogen) atoms. The van der Waals surface area contributed by atoms with Crippen LogP contribution in [-0.2, 0) is 0 Å². The molecule has 90 valence electrons. The number of hydrogen-bond donors (Lipinski definition) is 2. The van der Waals surface area contributed by atoms with E-state index in [0.717, 1.165) is 25.4 Å². The highest BCUT2D eigenvalue weighted by Crippen LogP contribution is 2.35. The molecule has 0 aromatic carbocycles. The zero-order valence-corrected chi connectivity index (χ0v) is 10.2. The molecule has 0 spiro atoms. The van der Waals surface area contributed by atoms with Crippen LogP contribution in [0.1, 0.15) is 39.0 Å². The van der Waals surface area contributed by atoms with Crippen molar-refractivity contribution in [3.8, 4) is 0 Å². The van der Waals surface area contributed by atoms with E-state index in [1.807, 2.05) is 0 Å². The Morgan fingerprint density at radius 3 is 2.80 bits per heavy atom. The highest BCUT2D eigenvalue weighted by Gasteiger charge is 2.36. The standard InChI is InChI=1S/C12H26N2O/c1-11-5-3-6-12(9-11,10-13)14(2)7-4-8-15/h11,15H,3-10,13H2,1-2H3. The smallest absolute Gasteiger partial charge is 0.0443 e. The van der Waals surface area contributed by atoms with Crippen LogP contribution in [0.4, 0.5) is 0 Å². The SMILES string of the molecule is CC1CCCC(CN)(N(C)CCCO)C1. The van der Waals surface area contributed by atoms with Crippen LogP contribution in [0, 0.1) is 5.92 Å². The third-order valence-electron chi connectivity index (χ3n) is 3.91. The van der Waals surface area contributed by atoms with Gasteiger partial charge in [0.2, 0.25) is 0 Å². The minimum absolute atomic E-state index is 0.201. The molecule has 1 aliphatic carbocycles. The summed E-state index contributed by atoms with van der Waals surface area (Å²) in [5, 5.41) is 8.86. The summed E-state index contributed by atoms with van der Waals surface area (Å²) in [6.07, 6.45) is 5.92. The molecule has 1 rings (SSSR count). The van der Waals surface area contributed by atoms with Gasteiger partial charge in [-0.1, -0.05) is 19.8 Å². The Labute approximate surface area is 93.6 Å². The number of rotatable bonds is 5. The maximum Gasteiger partial charge on any atom is 0.0443 e. The number of aliphatic hydroxyl groups is 1. The summed E-state index contributed by atoms with van der Waals surface area (Å²) in [5.41, 5.74) is 6.17. The summed E-state index contributed by atoms with van der Waals surface area (Å²) in [7, 11) is 2.15. The summed E-state index contributed by atoms with van der Waals surface area (Å²) in [6, 6.07) is 0. The topological polar surface area (TPSA) is 49.5 Å². The van der Waals surface area contributed by atoms with E-state index >= 15 is 0 Å². The molecule has 2 unspecified atom stereocenters. The van der Waals surface area contributed by atoms with Crippen LogP contribution in [0.5, 0.6) is 0 Å². The first kappa shape index (κ1) is 12.9. The van der Waals surface area contributed by atoms with Crippen LogP contribution < -0.4 is 5.73 Å². The lowest BCUT2D eigenvalue weighted by atomic mass is 9.75. The van der Waals surface area contributed by atoms with Crippen LogP contribution in [-0.4, -0.2) is 42.3 Å². The van der Waals surface area contributed by atoms with Gasteiger partial charge in [-0.25, -0.2) is 0 Å². The van der Waals surface area contributed by atoms with Crippen molar-refractivity contribution in [1.29, 1.82) is 0 Å². The van der Waals surface area contributed by atoms with Crippen molar-refractivity contribution >= 4 is 0 Å². The maximum atomic E-state index is 8.86. The van der Waals surface area contributed by atoms with Crippen LogP contribution in [0.15, 0.2) is 0 Å². The fourth-order valence-electron chi connectivity index (χ4n) is 2.87. The van der Waals surface area contributed by atoms with Gasteiger partial charge in [0.25, 0.3) is 0 Å². The monoisotopic (exact) mass is 214 g/mol. The van der Waals surface area contributed by atoms with E-state index in [0.29, 0.717) is 0 Å². The highest BCUT2D eigenvalue weighted by atomic mass is 16.3. The second-order valence-electron chi connectivity index (χ2n) is 5.13. The Kier molecular flexibility index (Phi) is 5.03. The van der Waals surface area contributed by atoms with Crippen molar-refractivity contribution in [2.24, 2.45) is 11.7 Å². The van der Waals surface area contributed by atoms with E-state index in [-0.39, 0.29) is 12.1 Å². The maximum absolute atomic E-state index is 8.86. The Morgan fingerprint density at radius 1 is 1.53 bits per heavy atom. The van der Waals surface area contributed by atoms with Crippen molar-refractivity contribution in [3.05, 3.63) is 0 Å². The molecule has 3 N–H and O–H groups in total. The quantitative estimate of drug-likeness (QED) is 0.723. The predicted octanol–water partition coefficient (Wildman–Crippen LogP) is 1.21. The molecule has 0 radical (unpaired) electrons. The highest BCUT2D eigenvalue weighted by molar-refractivity contribution is 4.94. The zero-order valence-electron chi connectivity index (χ0n) is 10.2. The lowest BCUT2D eigenvalue weighted by Gasteiger charge is -2.46. The number of aliphatic hydroxyl groups excluding tert-OH is 1. The van der Waals surface area contributed by atoms with Crippen molar-refractivity contribution in [3.63, 3.8) is 0 Å². The molecule has 0 amide bonds. The van der Waals surface area contributed by atoms with Gasteiger partial charge in [0.1, 0.15) is 0 Å². The third-order valence-corrected chi connectivity index (χ3v) is 3.91. The van der Waals surface area contributed by atoms with Gasteiger partial charge in [-0.2, -0.15) is 0 Å². The van der Waals surface area contributed by atoms with Gasteiger partial charge in [-0.15, -0.1) is 0 Å². The first-order valence-electron chi connectivity index (χ1n) is 6.17. The molecular formula is C12H26N2O. The van der Waals surface area contributed by atoms with Gasteiger partial charge in [0.15, 0.2) is 0 Å². The average Bonchev–Trinajstić information content (AvgIpc) is 2.25. The lowest BCUT2D eigenvalue weighted by molar-refractivity contribution is 0.0567. The van der Waals surface area contributed by atoms with Gasteiger partial charge in [-0.05, 0) is 32.2 Å². The van der Waals surface area contributed by atoms with Gasteiger partial charge >= 0.3 is 0 Å². The Balaban J connectivity index is 2.57. The minimum atomic E-state index is 0.201. The largest absolute Gasteiger partial charge is 0.396 e. The van der Waals surface area contributed by atoms with E-state index in [4.69, 9.17) is 10.8 Å². The van der Waals surface area contributed by atoms with Crippen molar-refractivity contribution in [1.82, 2.24) is 4.90 Å². The van der Waals surface area contributed by atoms with Gasteiger partial charge in [0, 0.05) is 25.2 Å². The summed E-state index contributed by atoms with van der Waals surface area (Å²) >= 11 is 0. The molecule has 0 bridgehead atoms. The minimum Gasteiger partial charge on any atom is -0.396 e. The molecule has 0 heterocycles. The fourth-order valence-corrected chi connectivity index (χ4v) is 2.87. The Morgan fingerprint density at radius 2 is 2.27 bits per heavy atom. The summed E-state index contributed by atoms with van der Waals surface area (Å²) in [4.78, 5) is 2.37. The van der Waals surface area contributed by atoms with Crippen molar-refractivity contribution in [2.45, 2.75) is 44.6 Å². The normalized spacial score (nSPS) is 32.2. The van der Waals surface area contributed by atoms with E-state index in [1.165, 1.54) is 25.7 Å². The van der Waals surface area contributed by atoms with Gasteiger partial charge in [-0.3, -0.25) is 4.90 Å². The third kappa shape index (κ3) is 3.16. The molecule has 0 saturated heterocycles. The van der Waals surface area contributed by atoms with Crippen LogP contribution in [0.3, 0.4) is 0 Å². The second-order valence-corrected chi connectivity index (χ2v) is 5.13. The average molecular weight is 214 g/mol. The molecule has 1 saturated carbocycles. The molecule has 2 atom stereocenters. The Bertz CT molecular complexity index is 186. The van der Waals surface area contributed by atoms with E-state index in [1.54, 1.807) is 0 Å². The van der Waals surface area contributed by atoms with Crippen molar-refractivity contribution in [2.75, 3.05) is 26.7 Å². The molecule has 3 nitrogen and oxygen atoms in total. The van der Waals surface area contributed by atoms with Crippen LogP contribution in [0.2, 0.25) is 0 Å². The fraction of sp³-hybridized carbons (Fsp3) is 1.00. The van der Waals surface area contributed by atoms with E-state index in [9.17, 15) is 0 Å². The lowest BCUT2D eigenvalue weighted by Crippen LogP contribution is -2.54. The summed E-state index contributed by atoms with van der Waals surface area (Å²) in [5.74, 6) is 0.791. The van der Waals surface area contributed by atoms with E-state index in [2.05, 4.69) is 18.9 Å². The van der Waals surface area contributed by atoms with E-state index < -0.39 is 0 Å². The molecule has 0 aromatic rings. The summed E-state index contributed by atoms with van der Waals surface area (Å²) < 4.78 is 0. The number of nitrogens with two attached hydrogens (primary N) is 1. The molecular weight excluding hydrogens is 188 g/mol. The summed E-state index contributed by atoms with van der Waals surface area (Å²) in [6.45, 7) is 4.31.